The minimum absolute atomic E-state index is 0.127. The number of aromatic nitrogens is 1. The van der Waals surface area contributed by atoms with Gasteiger partial charge >= 0.3 is 0 Å². The van der Waals surface area contributed by atoms with Gasteiger partial charge in [-0.3, -0.25) is 4.79 Å². The van der Waals surface area contributed by atoms with Crippen LogP contribution in [0.3, 0.4) is 0 Å². The molecule has 0 saturated heterocycles. The van der Waals surface area contributed by atoms with Crippen molar-refractivity contribution in [2.24, 2.45) is 17.6 Å². The average molecular weight is 210 g/mol. The Kier molecular flexibility index (Phi) is 2.93. The highest BCUT2D eigenvalue weighted by atomic mass is 32.1. The molecule has 1 aliphatic carbocycles. The van der Waals surface area contributed by atoms with Crippen molar-refractivity contribution in [2.75, 3.05) is 6.54 Å². The van der Waals surface area contributed by atoms with Gasteiger partial charge in [-0.1, -0.05) is 6.42 Å². The molecule has 3 nitrogen and oxygen atoms in total. The molecular formula is C10H14N2OS. The lowest BCUT2D eigenvalue weighted by Crippen LogP contribution is -2.25. The molecule has 76 valence electrons. The smallest absolute Gasteiger partial charge is 0.185 e. The van der Waals surface area contributed by atoms with E-state index < -0.39 is 0 Å². The number of carbonyl (C=O) groups is 1. The fourth-order valence-electron chi connectivity index (χ4n) is 2.19. The number of hydrogen-bond donors (Lipinski definition) is 1. The number of carbonyl (C=O) groups excluding carboxylic acids is 1. The third kappa shape index (κ3) is 1.72. The standard InChI is InChI=1S/C10H14N2OS/c11-4-7-2-1-3-8(7)10(13)9-5-14-6-12-9/h5-8H,1-4,11H2. The molecule has 14 heavy (non-hydrogen) atoms. The van der Waals surface area contributed by atoms with E-state index in [2.05, 4.69) is 4.98 Å². The zero-order valence-corrected chi connectivity index (χ0v) is 8.80. The maximum Gasteiger partial charge on any atom is 0.185 e. The van der Waals surface area contributed by atoms with Crippen LogP contribution in [-0.4, -0.2) is 17.3 Å². The largest absolute Gasteiger partial charge is 0.330 e. The lowest BCUT2D eigenvalue weighted by molar-refractivity contribution is 0.0889. The highest BCUT2D eigenvalue weighted by Gasteiger charge is 2.33. The Morgan fingerprint density at radius 1 is 1.64 bits per heavy atom. The summed E-state index contributed by atoms with van der Waals surface area (Å²) in [5, 5.41) is 1.83. The predicted octanol–water partition coefficient (Wildman–Crippen LogP) is 1.70. The number of thiazole rings is 1. The van der Waals surface area contributed by atoms with Crippen molar-refractivity contribution in [3.8, 4) is 0 Å². The molecule has 4 heteroatoms. The van der Waals surface area contributed by atoms with E-state index in [0.29, 0.717) is 18.2 Å². The van der Waals surface area contributed by atoms with Gasteiger partial charge in [0.05, 0.1) is 5.51 Å². The third-order valence-electron chi connectivity index (χ3n) is 2.98. The zero-order chi connectivity index (χ0) is 9.97. The van der Waals surface area contributed by atoms with Crippen molar-refractivity contribution in [3.05, 3.63) is 16.6 Å². The van der Waals surface area contributed by atoms with Crippen molar-refractivity contribution in [3.63, 3.8) is 0 Å². The van der Waals surface area contributed by atoms with Gasteiger partial charge in [-0.25, -0.2) is 4.98 Å². The maximum atomic E-state index is 12.0. The van der Waals surface area contributed by atoms with E-state index in [4.69, 9.17) is 5.73 Å². The van der Waals surface area contributed by atoms with Crippen molar-refractivity contribution in [1.29, 1.82) is 0 Å². The van der Waals surface area contributed by atoms with Gasteiger partial charge in [-0.05, 0) is 25.3 Å². The second-order valence-electron chi connectivity index (χ2n) is 3.77. The van der Waals surface area contributed by atoms with E-state index in [-0.39, 0.29) is 11.7 Å². The normalized spacial score (nSPS) is 26.6. The van der Waals surface area contributed by atoms with Gasteiger partial charge < -0.3 is 5.73 Å². The highest BCUT2D eigenvalue weighted by Crippen LogP contribution is 2.33. The van der Waals surface area contributed by atoms with E-state index >= 15 is 0 Å². The van der Waals surface area contributed by atoms with Gasteiger partial charge in [0.15, 0.2) is 5.78 Å². The first-order chi connectivity index (χ1) is 6.83. The zero-order valence-electron chi connectivity index (χ0n) is 7.98. The van der Waals surface area contributed by atoms with Crippen molar-refractivity contribution < 1.29 is 4.79 Å². The molecule has 0 spiro atoms. The Labute approximate surface area is 87.3 Å². The quantitative estimate of drug-likeness (QED) is 0.772. The van der Waals surface area contributed by atoms with Crippen LogP contribution >= 0.6 is 11.3 Å². The SMILES string of the molecule is NCC1CCCC1C(=O)c1cscn1. The summed E-state index contributed by atoms with van der Waals surface area (Å²) in [5.74, 6) is 0.700. The molecule has 2 rings (SSSR count). The molecular weight excluding hydrogens is 196 g/mol. The number of nitrogens with zero attached hydrogens (tertiary/aromatic N) is 1. The highest BCUT2D eigenvalue weighted by molar-refractivity contribution is 7.07. The molecule has 0 aromatic carbocycles. The summed E-state index contributed by atoms with van der Waals surface area (Å²) in [6.45, 7) is 0.626. The van der Waals surface area contributed by atoms with Crippen LogP contribution in [0.15, 0.2) is 10.9 Å². The minimum atomic E-state index is 0.127. The van der Waals surface area contributed by atoms with Crippen LogP contribution in [0.5, 0.6) is 0 Å². The summed E-state index contributed by atoms with van der Waals surface area (Å²) in [6, 6.07) is 0. The van der Waals surface area contributed by atoms with Crippen LogP contribution in [-0.2, 0) is 0 Å². The topological polar surface area (TPSA) is 56.0 Å². The van der Waals surface area contributed by atoms with Crippen molar-refractivity contribution >= 4 is 17.1 Å². The number of hydrogen-bond acceptors (Lipinski definition) is 4. The summed E-state index contributed by atoms with van der Waals surface area (Å²) in [4.78, 5) is 16.0. The number of ketones is 1. The van der Waals surface area contributed by atoms with Crippen LogP contribution in [0.2, 0.25) is 0 Å². The number of rotatable bonds is 3. The Hall–Kier alpha value is -0.740. The molecule has 2 unspecified atom stereocenters. The van der Waals surface area contributed by atoms with Gasteiger partial charge in [0.1, 0.15) is 5.69 Å². The lowest BCUT2D eigenvalue weighted by atomic mass is 9.91. The van der Waals surface area contributed by atoms with Crippen LogP contribution in [0.25, 0.3) is 0 Å². The molecule has 1 aromatic rings. The molecule has 0 aliphatic heterocycles. The Balaban J connectivity index is 2.11. The number of Topliss-reactive ketones (excluding diaryl/α,β-unsaturated/α-hetero) is 1. The first kappa shape index (κ1) is 9.80. The first-order valence-electron chi connectivity index (χ1n) is 4.95. The summed E-state index contributed by atoms with van der Waals surface area (Å²) in [7, 11) is 0. The van der Waals surface area contributed by atoms with Gasteiger partial charge in [0, 0.05) is 11.3 Å². The van der Waals surface area contributed by atoms with E-state index in [1.165, 1.54) is 11.3 Å². The molecule has 0 bridgehead atoms. The van der Waals surface area contributed by atoms with Crippen LogP contribution in [0, 0.1) is 11.8 Å². The van der Waals surface area contributed by atoms with E-state index in [1.54, 1.807) is 5.51 Å². The summed E-state index contributed by atoms with van der Waals surface area (Å²) >= 11 is 1.47. The molecule has 1 fully saturated rings. The van der Waals surface area contributed by atoms with Crippen LogP contribution in [0.4, 0.5) is 0 Å². The molecule has 0 amide bonds. The average Bonchev–Trinajstić information content (AvgIpc) is 2.87. The molecule has 0 radical (unpaired) electrons. The first-order valence-corrected chi connectivity index (χ1v) is 5.89. The third-order valence-corrected chi connectivity index (χ3v) is 3.57. The number of nitrogens with two attached hydrogens (primary N) is 1. The summed E-state index contributed by atoms with van der Waals surface area (Å²) < 4.78 is 0. The van der Waals surface area contributed by atoms with Gasteiger partial charge in [0.25, 0.3) is 0 Å². The monoisotopic (exact) mass is 210 g/mol. The molecule has 1 aliphatic rings. The fraction of sp³-hybridized carbons (Fsp3) is 0.600. The Morgan fingerprint density at radius 2 is 2.50 bits per heavy atom. The molecule has 1 aromatic heterocycles. The van der Waals surface area contributed by atoms with E-state index in [0.717, 1.165) is 19.3 Å². The van der Waals surface area contributed by atoms with Crippen molar-refractivity contribution in [2.45, 2.75) is 19.3 Å². The second kappa shape index (κ2) is 4.19. The van der Waals surface area contributed by atoms with Gasteiger partial charge in [-0.2, -0.15) is 0 Å². The van der Waals surface area contributed by atoms with E-state index in [1.807, 2.05) is 5.38 Å². The van der Waals surface area contributed by atoms with Crippen LogP contribution in [0.1, 0.15) is 29.8 Å². The second-order valence-corrected chi connectivity index (χ2v) is 4.49. The molecule has 1 heterocycles. The van der Waals surface area contributed by atoms with Gasteiger partial charge in [0.2, 0.25) is 0 Å². The Morgan fingerprint density at radius 3 is 3.14 bits per heavy atom. The predicted molar refractivity (Wildman–Crippen MR) is 56.3 cm³/mol. The summed E-state index contributed by atoms with van der Waals surface area (Å²) in [5.41, 5.74) is 7.98. The van der Waals surface area contributed by atoms with Gasteiger partial charge in [-0.15, -0.1) is 11.3 Å². The molecule has 1 saturated carbocycles. The van der Waals surface area contributed by atoms with Crippen molar-refractivity contribution in [1.82, 2.24) is 4.98 Å². The fourth-order valence-corrected chi connectivity index (χ4v) is 2.73. The summed E-state index contributed by atoms with van der Waals surface area (Å²) in [6.07, 6.45) is 3.21. The Bertz CT molecular complexity index is 310. The van der Waals surface area contributed by atoms with Crippen LogP contribution < -0.4 is 5.73 Å². The lowest BCUT2D eigenvalue weighted by Gasteiger charge is -2.14. The molecule has 2 N–H and O–H groups in total. The maximum absolute atomic E-state index is 12.0. The van der Waals surface area contributed by atoms with E-state index in [9.17, 15) is 4.79 Å². The molecule has 2 atom stereocenters. The minimum Gasteiger partial charge on any atom is -0.330 e.